The number of carboxylic acids is 1. The van der Waals surface area contributed by atoms with E-state index in [1.54, 1.807) is 6.07 Å². The van der Waals surface area contributed by atoms with Gasteiger partial charge < -0.3 is 15.3 Å². The molecule has 0 saturated carbocycles. The number of hydrogen-bond acceptors (Lipinski definition) is 3. The van der Waals surface area contributed by atoms with E-state index in [1.807, 2.05) is 0 Å². The zero-order chi connectivity index (χ0) is 16.1. The first-order valence-corrected chi connectivity index (χ1v) is 7.01. The normalized spacial score (nSPS) is 17.3. The van der Waals surface area contributed by atoms with Gasteiger partial charge in [0, 0.05) is 6.54 Å². The van der Waals surface area contributed by atoms with E-state index in [4.69, 9.17) is 5.11 Å². The Morgan fingerprint density at radius 3 is 2.82 bits per heavy atom. The Morgan fingerprint density at radius 1 is 1.36 bits per heavy atom. The number of carbonyl (C=O) groups excluding carboxylic acids is 2. The second kappa shape index (κ2) is 7.02. The van der Waals surface area contributed by atoms with Gasteiger partial charge >= 0.3 is 5.97 Å². The molecule has 6 nitrogen and oxygen atoms in total. The molecule has 7 heteroatoms. The van der Waals surface area contributed by atoms with Crippen LogP contribution in [0.3, 0.4) is 0 Å². The first-order valence-electron chi connectivity index (χ1n) is 7.01. The Bertz CT molecular complexity index is 591. The SMILES string of the molecule is O=C(Cc1cccc(F)c1)NCC(=O)N1CCCC1C(=O)O. The molecule has 2 N–H and O–H groups in total. The Hall–Kier alpha value is -2.44. The van der Waals surface area contributed by atoms with Crippen LogP contribution < -0.4 is 5.32 Å². The lowest BCUT2D eigenvalue weighted by Crippen LogP contribution is -2.45. The Morgan fingerprint density at radius 2 is 2.14 bits per heavy atom. The number of nitrogens with zero attached hydrogens (tertiary/aromatic N) is 1. The van der Waals surface area contributed by atoms with Gasteiger partial charge in [-0.05, 0) is 30.5 Å². The quantitative estimate of drug-likeness (QED) is 0.832. The molecular weight excluding hydrogens is 291 g/mol. The molecule has 0 radical (unpaired) electrons. The van der Waals surface area contributed by atoms with E-state index in [-0.39, 0.29) is 13.0 Å². The number of halogens is 1. The van der Waals surface area contributed by atoms with Crippen LogP contribution in [0.4, 0.5) is 4.39 Å². The Kier molecular flexibility index (Phi) is 5.08. The first kappa shape index (κ1) is 15.9. The minimum Gasteiger partial charge on any atom is -0.480 e. The van der Waals surface area contributed by atoms with Gasteiger partial charge in [0.25, 0.3) is 0 Å². The van der Waals surface area contributed by atoms with Crippen LogP contribution in [0, 0.1) is 5.82 Å². The molecular formula is C15H17FN2O4. The van der Waals surface area contributed by atoms with Gasteiger partial charge in [0.2, 0.25) is 11.8 Å². The predicted octanol–water partition coefficient (Wildman–Crippen LogP) is 0.560. The van der Waals surface area contributed by atoms with Crippen molar-refractivity contribution in [2.45, 2.75) is 25.3 Å². The van der Waals surface area contributed by atoms with E-state index in [0.29, 0.717) is 24.9 Å². The van der Waals surface area contributed by atoms with Crippen molar-refractivity contribution in [3.05, 3.63) is 35.6 Å². The molecule has 1 atom stereocenters. The highest BCUT2D eigenvalue weighted by Gasteiger charge is 2.33. The van der Waals surface area contributed by atoms with E-state index in [2.05, 4.69) is 5.32 Å². The maximum absolute atomic E-state index is 13.0. The van der Waals surface area contributed by atoms with Crippen LogP contribution in [0.5, 0.6) is 0 Å². The number of carbonyl (C=O) groups is 3. The van der Waals surface area contributed by atoms with Gasteiger partial charge in [-0.2, -0.15) is 0 Å². The summed E-state index contributed by atoms with van der Waals surface area (Å²) < 4.78 is 13.0. The van der Waals surface area contributed by atoms with Gasteiger partial charge in [0.05, 0.1) is 13.0 Å². The molecule has 1 unspecified atom stereocenters. The van der Waals surface area contributed by atoms with Crippen molar-refractivity contribution in [3.63, 3.8) is 0 Å². The van der Waals surface area contributed by atoms with Gasteiger partial charge in [-0.15, -0.1) is 0 Å². The number of amides is 2. The maximum atomic E-state index is 13.0. The fourth-order valence-corrected chi connectivity index (χ4v) is 2.49. The van der Waals surface area contributed by atoms with Gasteiger partial charge in [-0.1, -0.05) is 12.1 Å². The summed E-state index contributed by atoms with van der Waals surface area (Å²) in [5.41, 5.74) is 0.509. The molecule has 1 heterocycles. The highest BCUT2D eigenvalue weighted by molar-refractivity contribution is 5.88. The molecule has 0 aromatic heterocycles. The maximum Gasteiger partial charge on any atom is 0.326 e. The predicted molar refractivity (Wildman–Crippen MR) is 75.5 cm³/mol. The van der Waals surface area contributed by atoms with Gasteiger partial charge in [0.15, 0.2) is 0 Å². The second-order valence-corrected chi connectivity index (χ2v) is 5.17. The van der Waals surface area contributed by atoms with Crippen LogP contribution in [0.2, 0.25) is 0 Å². The second-order valence-electron chi connectivity index (χ2n) is 5.17. The van der Waals surface area contributed by atoms with Crippen LogP contribution in [-0.4, -0.2) is 46.9 Å². The van der Waals surface area contributed by atoms with Crippen LogP contribution in [-0.2, 0) is 20.8 Å². The summed E-state index contributed by atoms with van der Waals surface area (Å²) in [6.07, 6.45) is 1.03. The number of rotatable bonds is 5. The van der Waals surface area contributed by atoms with Crippen LogP contribution in [0.25, 0.3) is 0 Å². The number of aliphatic carboxylic acids is 1. The molecule has 0 aliphatic carbocycles. The summed E-state index contributed by atoms with van der Waals surface area (Å²) in [6, 6.07) is 4.84. The summed E-state index contributed by atoms with van der Waals surface area (Å²) in [4.78, 5) is 36.0. The molecule has 0 spiro atoms. The Labute approximate surface area is 126 Å². The minimum absolute atomic E-state index is 0.0343. The van der Waals surface area contributed by atoms with E-state index < -0.39 is 29.6 Å². The number of benzene rings is 1. The summed E-state index contributed by atoms with van der Waals surface area (Å²) in [5.74, 6) is -2.29. The topological polar surface area (TPSA) is 86.7 Å². The van der Waals surface area contributed by atoms with Gasteiger partial charge in [-0.3, -0.25) is 9.59 Å². The van der Waals surface area contributed by atoms with Crippen LogP contribution in [0.15, 0.2) is 24.3 Å². The molecule has 0 bridgehead atoms. The highest BCUT2D eigenvalue weighted by Crippen LogP contribution is 2.17. The number of hydrogen-bond donors (Lipinski definition) is 2. The molecule has 1 aromatic rings. The lowest BCUT2D eigenvalue weighted by molar-refractivity contribution is -0.148. The first-order chi connectivity index (χ1) is 10.5. The van der Waals surface area contributed by atoms with E-state index >= 15 is 0 Å². The van der Waals surface area contributed by atoms with E-state index in [0.717, 1.165) is 0 Å². The molecule has 2 amide bonds. The van der Waals surface area contributed by atoms with Gasteiger partial charge in [-0.25, -0.2) is 9.18 Å². The molecule has 1 aliphatic heterocycles. The molecule has 1 aliphatic rings. The molecule has 1 aromatic carbocycles. The van der Waals surface area contributed by atoms with E-state index in [9.17, 15) is 18.8 Å². The van der Waals surface area contributed by atoms with Crippen LogP contribution in [0.1, 0.15) is 18.4 Å². The lowest BCUT2D eigenvalue weighted by Gasteiger charge is -2.21. The van der Waals surface area contributed by atoms with Crippen molar-refractivity contribution in [2.24, 2.45) is 0 Å². The number of likely N-dealkylation sites (tertiary alicyclic amines) is 1. The van der Waals surface area contributed by atoms with Crippen molar-refractivity contribution in [1.29, 1.82) is 0 Å². The third-order valence-corrected chi connectivity index (χ3v) is 3.55. The standard InChI is InChI=1S/C15H17FN2O4/c16-11-4-1-3-10(7-11)8-13(19)17-9-14(20)18-6-2-5-12(18)15(21)22/h1,3-4,7,12H,2,5-6,8-9H2,(H,17,19)(H,21,22). The lowest BCUT2D eigenvalue weighted by atomic mass is 10.1. The summed E-state index contributed by atoms with van der Waals surface area (Å²) in [5, 5.41) is 11.5. The largest absolute Gasteiger partial charge is 0.480 e. The van der Waals surface area contributed by atoms with Crippen molar-refractivity contribution < 1.29 is 23.9 Å². The van der Waals surface area contributed by atoms with Gasteiger partial charge in [0.1, 0.15) is 11.9 Å². The summed E-state index contributed by atoms with van der Waals surface area (Å²) in [7, 11) is 0. The number of carboxylic acid groups (broad SMARTS) is 1. The molecule has 1 fully saturated rings. The van der Waals surface area contributed by atoms with Crippen molar-refractivity contribution >= 4 is 17.8 Å². The van der Waals surface area contributed by atoms with Crippen molar-refractivity contribution in [1.82, 2.24) is 10.2 Å². The molecule has 118 valence electrons. The van der Waals surface area contributed by atoms with Crippen molar-refractivity contribution in [2.75, 3.05) is 13.1 Å². The summed E-state index contributed by atoms with van der Waals surface area (Å²) >= 11 is 0. The average Bonchev–Trinajstić information content (AvgIpc) is 2.94. The average molecular weight is 308 g/mol. The van der Waals surface area contributed by atoms with Crippen molar-refractivity contribution in [3.8, 4) is 0 Å². The fourth-order valence-electron chi connectivity index (χ4n) is 2.49. The number of nitrogens with one attached hydrogen (secondary N) is 1. The third-order valence-electron chi connectivity index (χ3n) is 3.55. The minimum atomic E-state index is -1.03. The molecule has 1 saturated heterocycles. The van der Waals surface area contributed by atoms with Crippen LogP contribution >= 0.6 is 0 Å². The monoisotopic (exact) mass is 308 g/mol. The zero-order valence-electron chi connectivity index (χ0n) is 11.9. The Balaban J connectivity index is 1.83. The smallest absolute Gasteiger partial charge is 0.326 e. The third kappa shape index (κ3) is 4.03. The summed E-state index contributed by atoms with van der Waals surface area (Å²) in [6.45, 7) is 0.132. The highest BCUT2D eigenvalue weighted by atomic mass is 19.1. The van der Waals surface area contributed by atoms with E-state index in [1.165, 1.54) is 23.1 Å². The molecule has 22 heavy (non-hydrogen) atoms. The zero-order valence-corrected chi connectivity index (χ0v) is 11.9. The molecule has 2 rings (SSSR count). The fraction of sp³-hybridized carbons (Fsp3) is 0.400.